The van der Waals surface area contributed by atoms with Gasteiger partial charge in [-0.2, -0.15) is 0 Å². The number of aromatic nitrogens is 3. The standard InChI is InChI=1S/C22H23N5/c1-15-6-11-19(16(2)14-15)24-21-20(25-22-23-12-5-13-27(21)22)17-7-9-18(10-8-17)26(3)4/h5-14,24H,1-4H3. The molecule has 0 unspecified atom stereocenters. The van der Waals surface area contributed by atoms with Crippen LogP contribution in [0.1, 0.15) is 11.1 Å². The van der Waals surface area contributed by atoms with Gasteiger partial charge in [-0.15, -0.1) is 0 Å². The molecule has 136 valence electrons. The number of aryl methyl sites for hydroxylation is 2. The number of rotatable bonds is 4. The Labute approximate surface area is 159 Å². The molecule has 0 fully saturated rings. The van der Waals surface area contributed by atoms with Crippen LogP contribution in [0.4, 0.5) is 17.2 Å². The number of imidazole rings is 1. The van der Waals surface area contributed by atoms with Gasteiger partial charge < -0.3 is 10.2 Å². The van der Waals surface area contributed by atoms with Gasteiger partial charge in [0.25, 0.3) is 0 Å². The van der Waals surface area contributed by atoms with Crippen molar-refractivity contribution in [3.63, 3.8) is 0 Å². The molecular formula is C22H23N5. The maximum atomic E-state index is 4.78. The van der Waals surface area contributed by atoms with Gasteiger partial charge in [0.1, 0.15) is 11.5 Å². The first kappa shape index (κ1) is 17.1. The molecule has 0 saturated heterocycles. The highest BCUT2D eigenvalue weighted by Crippen LogP contribution is 2.32. The fourth-order valence-corrected chi connectivity index (χ4v) is 3.21. The molecule has 1 N–H and O–H groups in total. The van der Waals surface area contributed by atoms with Crippen molar-refractivity contribution in [2.24, 2.45) is 0 Å². The molecule has 0 bridgehead atoms. The third-order valence-electron chi connectivity index (χ3n) is 4.70. The molecular weight excluding hydrogens is 334 g/mol. The summed E-state index contributed by atoms with van der Waals surface area (Å²) in [7, 11) is 4.08. The third-order valence-corrected chi connectivity index (χ3v) is 4.70. The van der Waals surface area contributed by atoms with Crippen LogP contribution in [-0.2, 0) is 0 Å². The Kier molecular flexibility index (Phi) is 4.28. The Balaban J connectivity index is 1.84. The lowest BCUT2D eigenvalue weighted by atomic mass is 10.1. The van der Waals surface area contributed by atoms with E-state index in [1.165, 1.54) is 11.1 Å². The Bertz CT molecular complexity index is 1090. The molecule has 2 aromatic heterocycles. The van der Waals surface area contributed by atoms with Crippen LogP contribution >= 0.6 is 0 Å². The van der Waals surface area contributed by atoms with Crippen molar-refractivity contribution in [1.29, 1.82) is 0 Å². The van der Waals surface area contributed by atoms with E-state index in [1.54, 1.807) is 6.20 Å². The SMILES string of the molecule is Cc1ccc(Nc2c(-c3ccc(N(C)C)cc3)nc3ncccn23)c(C)c1. The number of fused-ring (bicyclic) bond motifs is 1. The minimum Gasteiger partial charge on any atom is -0.378 e. The summed E-state index contributed by atoms with van der Waals surface area (Å²) in [6.45, 7) is 4.22. The maximum absolute atomic E-state index is 4.78. The van der Waals surface area contributed by atoms with Gasteiger partial charge >= 0.3 is 0 Å². The Morgan fingerprint density at radius 2 is 1.78 bits per heavy atom. The zero-order chi connectivity index (χ0) is 19.0. The monoisotopic (exact) mass is 357 g/mol. The van der Waals surface area contributed by atoms with E-state index < -0.39 is 0 Å². The van der Waals surface area contributed by atoms with Crippen LogP contribution in [0.15, 0.2) is 60.9 Å². The van der Waals surface area contributed by atoms with Crippen molar-refractivity contribution in [2.75, 3.05) is 24.3 Å². The smallest absolute Gasteiger partial charge is 0.235 e. The van der Waals surface area contributed by atoms with Gasteiger partial charge in [-0.25, -0.2) is 9.97 Å². The van der Waals surface area contributed by atoms with Crippen LogP contribution in [0.25, 0.3) is 17.0 Å². The topological polar surface area (TPSA) is 45.5 Å². The number of benzene rings is 2. The zero-order valence-electron chi connectivity index (χ0n) is 16.1. The lowest BCUT2D eigenvalue weighted by Crippen LogP contribution is -2.08. The number of hydrogen-bond acceptors (Lipinski definition) is 4. The lowest BCUT2D eigenvalue weighted by Gasteiger charge is -2.14. The van der Waals surface area contributed by atoms with Gasteiger partial charge in [0.2, 0.25) is 5.78 Å². The van der Waals surface area contributed by atoms with E-state index in [9.17, 15) is 0 Å². The molecule has 2 heterocycles. The molecule has 4 aromatic rings. The molecule has 0 aliphatic carbocycles. The second-order valence-electron chi connectivity index (χ2n) is 6.98. The average molecular weight is 357 g/mol. The van der Waals surface area contributed by atoms with Crippen LogP contribution in [0.3, 0.4) is 0 Å². The highest BCUT2D eigenvalue weighted by molar-refractivity contribution is 5.80. The Morgan fingerprint density at radius 3 is 2.48 bits per heavy atom. The largest absolute Gasteiger partial charge is 0.378 e. The van der Waals surface area contributed by atoms with E-state index in [1.807, 2.05) is 30.8 Å². The first-order chi connectivity index (χ1) is 13.0. The van der Waals surface area contributed by atoms with Gasteiger partial charge in [0.15, 0.2) is 0 Å². The molecule has 27 heavy (non-hydrogen) atoms. The Hall–Kier alpha value is -3.34. The summed E-state index contributed by atoms with van der Waals surface area (Å²) in [5.74, 6) is 1.60. The van der Waals surface area contributed by atoms with Crippen molar-refractivity contribution >= 4 is 23.0 Å². The van der Waals surface area contributed by atoms with Crippen LogP contribution in [-0.4, -0.2) is 28.5 Å². The fourth-order valence-electron chi connectivity index (χ4n) is 3.21. The predicted octanol–water partition coefficient (Wildman–Crippen LogP) is 4.82. The summed E-state index contributed by atoms with van der Waals surface area (Å²) in [5.41, 5.74) is 6.61. The summed E-state index contributed by atoms with van der Waals surface area (Å²) in [6, 6.07) is 16.7. The van der Waals surface area contributed by atoms with Crippen LogP contribution < -0.4 is 10.2 Å². The van der Waals surface area contributed by atoms with Gasteiger partial charge in [-0.3, -0.25) is 4.40 Å². The number of anilines is 3. The predicted molar refractivity (Wildman–Crippen MR) is 112 cm³/mol. The lowest BCUT2D eigenvalue weighted by molar-refractivity contribution is 1.11. The van der Waals surface area contributed by atoms with Crippen molar-refractivity contribution in [3.05, 3.63) is 72.1 Å². The Morgan fingerprint density at radius 1 is 1.00 bits per heavy atom. The average Bonchev–Trinajstić information content (AvgIpc) is 3.02. The molecule has 5 heteroatoms. The van der Waals surface area contributed by atoms with E-state index in [-0.39, 0.29) is 0 Å². The van der Waals surface area contributed by atoms with Gasteiger partial charge in [0, 0.05) is 43.4 Å². The highest BCUT2D eigenvalue weighted by atomic mass is 15.2. The van der Waals surface area contributed by atoms with Gasteiger partial charge in [-0.1, -0.05) is 29.8 Å². The van der Waals surface area contributed by atoms with Crippen molar-refractivity contribution in [2.45, 2.75) is 13.8 Å². The highest BCUT2D eigenvalue weighted by Gasteiger charge is 2.16. The minimum absolute atomic E-state index is 0.677. The second kappa shape index (κ2) is 6.76. The molecule has 0 spiro atoms. The van der Waals surface area contributed by atoms with Crippen LogP contribution in [0.2, 0.25) is 0 Å². The maximum Gasteiger partial charge on any atom is 0.235 e. The van der Waals surface area contributed by atoms with Crippen molar-refractivity contribution < 1.29 is 0 Å². The summed E-state index contributed by atoms with van der Waals surface area (Å²) >= 11 is 0. The molecule has 0 aliphatic rings. The molecule has 0 atom stereocenters. The minimum atomic E-state index is 0.677. The van der Waals surface area contributed by atoms with Crippen LogP contribution in [0.5, 0.6) is 0 Å². The summed E-state index contributed by atoms with van der Waals surface area (Å²) in [6.07, 6.45) is 3.75. The molecule has 0 saturated carbocycles. The number of nitrogens with one attached hydrogen (secondary N) is 1. The van der Waals surface area contributed by atoms with E-state index >= 15 is 0 Å². The van der Waals surface area contributed by atoms with E-state index in [0.29, 0.717) is 5.78 Å². The quantitative estimate of drug-likeness (QED) is 0.569. The number of nitrogens with zero attached hydrogens (tertiary/aromatic N) is 4. The van der Waals surface area contributed by atoms with Gasteiger partial charge in [0.05, 0.1) is 0 Å². The normalized spacial score (nSPS) is 11.0. The molecule has 0 aliphatic heterocycles. The molecule has 2 aromatic carbocycles. The van der Waals surface area contributed by atoms with Gasteiger partial charge in [-0.05, 0) is 43.7 Å². The third kappa shape index (κ3) is 3.24. The zero-order valence-corrected chi connectivity index (χ0v) is 16.1. The van der Waals surface area contributed by atoms with E-state index in [2.05, 4.69) is 71.5 Å². The van der Waals surface area contributed by atoms with E-state index in [4.69, 9.17) is 4.98 Å². The summed E-state index contributed by atoms with van der Waals surface area (Å²) in [4.78, 5) is 11.3. The van der Waals surface area contributed by atoms with Crippen molar-refractivity contribution in [1.82, 2.24) is 14.4 Å². The van der Waals surface area contributed by atoms with E-state index in [0.717, 1.165) is 28.5 Å². The molecule has 4 rings (SSSR count). The number of hydrogen-bond donors (Lipinski definition) is 1. The first-order valence-electron chi connectivity index (χ1n) is 8.98. The first-order valence-corrected chi connectivity index (χ1v) is 8.98. The molecule has 0 amide bonds. The summed E-state index contributed by atoms with van der Waals surface area (Å²) in [5, 5.41) is 3.58. The van der Waals surface area contributed by atoms with Crippen LogP contribution in [0, 0.1) is 13.8 Å². The molecule has 5 nitrogen and oxygen atoms in total. The second-order valence-corrected chi connectivity index (χ2v) is 6.98. The molecule has 0 radical (unpaired) electrons. The fraction of sp³-hybridized carbons (Fsp3) is 0.182. The van der Waals surface area contributed by atoms with Crippen molar-refractivity contribution in [3.8, 4) is 11.3 Å². The summed E-state index contributed by atoms with van der Waals surface area (Å²) < 4.78 is 1.99.